The highest BCUT2D eigenvalue weighted by atomic mass is 14.4. The quantitative estimate of drug-likeness (QED) is 0.114. The molecule has 0 aliphatic heterocycles. The average Bonchev–Trinajstić information content (AvgIpc) is 1.56. The lowest BCUT2D eigenvalue weighted by molar-refractivity contribution is 0.982. The fourth-order valence-corrected chi connectivity index (χ4v) is 18.8. The van der Waals surface area contributed by atoms with Gasteiger partial charge in [-0.1, -0.05) is 376 Å². The van der Waals surface area contributed by atoms with Crippen LogP contribution < -0.4 is 0 Å². The van der Waals surface area contributed by atoms with Crippen LogP contribution in [-0.4, -0.2) is 0 Å². The van der Waals surface area contributed by atoms with Gasteiger partial charge in [0, 0.05) is 23.7 Å². The second-order valence-corrected chi connectivity index (χ2v) is 30.4. The minimum absolute atomic E-state index is 0.130. The van der Waals surface area contributed by atoms with Crippen molar-refractivity contribution in [1.29, 1.82) is 0 Å². The van der Waals surface area contributed by atoms with Crippen LogP contribution in [-0.2, 0) is 0 Å². The highest BCUT2D eigenvalue weighted by molar-refractivity contribution is 5.94. The minimum Gasteiger partial charge on any atom is -0.0622 e. The SMILES string of the molecule is c1ccc(-c2cccc(-c3cc(-c4ccccc4)cc(-c4ccc(C5c6ccccc6-c6cc7c(cc65)C(c5ccccc5)c5ccccc5-7)cc4)c3)c2)cc1.c1ccc(-c2cccc(-c3cc(-c4ccccc4)cc(-c4cccc(C5c6ccccc6-c6cc7c(cc65)C(c5ccccc5)c5ccccc5-7)c4)c3)c2)cc1. The number of hydrogen-bond acceptors (Lipinski definition) is 0. The first kappa shape index (κ1) is 66.2. The lowest BCUT2D eigenvalue weighted by Gasteiger charge is -2.19. The van der Waals surface area contributed by atoms with E-state index in [1.807, 2.05) is 0 Å². The number of hydrogen-bond donors (Lipinski definition) is 0. The molecule has 0 saturated heterocycles. The molecule has 0 aromatic heterocycles. The van der Waals surface area contributed by atoms with Crippen LogP contribution in [0, 0.1) is 0 Å². The Morgan fingerprint density at radius 1 is 0.0982 bits per heavy atom. The molecule has 0 heterocycles. The maximum atomic E-state index is 2.55. The van der Waals surface area contributed by atoms with Gasteiger partial charge in [-0.15, -0.1) is 0 Å². The standard InChI is InChI=1S/2C56H38/c1-4-16-37(17-5-1)40-22-14-23-41(30-40)45-32-44(38-18-6-2-7-19-38)33-46(34-45)42-24-15-25-43(31-42)56-50-29-13-11-27-48(50)52-35-51-47-26-10-12-28-49(47)55(53(51)36-54(52)56)39-20-8-3-9-21-39;1-4-15-37(16-5-1)42-21-14-22-43(31-42)46-33-44(38-17-6-2-7-18-38)32-45(34-46)39-27-29-41(30-28-39)56-50-26-13-11-24-48(50)52-35-51-47-23-10-12-25-49(47)55(53(51)36-54(52)56)40-19-8-3-9-20-40/h2*1-36,55-56H. The van der Waals surface area contributed by atoms with E-state index in [2.05, 4.69) is 437 Å². The van der Waals surface area contributed by atoms with Crippen molar-refractivity contribution in [3.05, 3.63) is 504 Å². The second kappa shape index (κ2) is 28.2. The lowest BCUT2D eigenvalue weighted by Crippen LogP contribution is -2.03. The molecule has 112 heavy (non-hydrogen) atoms. The van der Waals surface area contributed by atoms with Crippen LogP contribution in [0.3, 0.4) is 0 Å². The van der Waals surface area contributed by atoms with Gasteiger partial charge in [0.1, 0.15) is 0 Å². The molecule has 4 aliphatic rings. The minimum atomic E-state index is 0.130. The van der Waals surface area contributed by atoms with Crippen LogP contribution in [0.5, 0.6) is 0 Å². The van der Waals surface area contributed by atoms with E-state index in [4.69, 9.17) is 0 Å². The van der Waals surface area contributed by atoms with Crippen molar-refractivity contribution in [2.75, 3.05) is 0 Å². The molecule has 0 radical (unpaired) electrons. The summed E-state index contributed by atoms with van der Waals surface area (Å²) >= 11 is 0. The zero-order chi connectivity index (χ0) is 74.0. The maximum Gasteiger partial charge on any atom is 0.0352 e. The molecule has 4 aliphatic carbocycles. The topological polar surface area (TPSA) is 0 Å². The summed E-state index contributed by atoms with van der Waals surface area (Å²) in [7, 11) is 0. The van der Waals surface area contributed by atoms with Gasteiger partial charge in [0.25, 0.3) is 0 Å². The normalized spacial score (nSPS) is 14.8. The van der Waals surface area contributed by atoms with Crippen molar-refractivity contribution in [2.45, 2.75) is 23.7 Å². The van der Waals surface area contributed by atoms with Crippen molar-refractivity contribution in [1.82, 2.24) is 0 Å². The van der Waals surface area contributed by atoms with Crippen molar-refractivity contribution >= 4 is 0 Å². The molecule has 18 aromatic carbocycles. The zero-order valence-corrected chi connectivity index (χ0v) is 61.9. The molecule has 4 unspecified atom stereocenters. The molecule has 0 N–H and O–H groups in total. The van der Waals surface area contributed by atoms with E-state index in [0.29, 0.717) is 0 Å². The highest BCUT2D eigenvalue weighted by Crippen LogP contribution is 2.58. The van der Waals surface area contributed by atoms with Gasteiger partial charge in [-0.3, -0.25) is 0 Å². The van der Waals surface area contributed by atoms with Gasteiger partial charge < -0.3 is 0 Å². The summed E-state index contributed by atoms with van der Waals surface area (Å²) in [5.41, 5.74) is 46.8. The first-order valence-corrected chi connectivity index (χ1v) is 39.3. The Kier molecular flexibility index (Phi) is 16.7. The van der Waals surface area contributed by atoms with Gasteiger partial charge in [0.05, 0.1) is 0 Å². The highest BCUT2D eigenvalue weighted by Gasteiger charge is 2.39. The molecule has 0 spiro atoms. The van der Waals surface area contributed by atoms with E-state index in [1.165, 1.54) is 200 Å². The van der Waals surface area contributed by atoms with E-state index in [0.717, 1.165) is 0 Å². The molecule has 18 aromatic rings. The van der Waals surface area contributed by atoms with Crippen LogP contribution in [0.1, 0.15) is 90.4 Å². The van der Waals surface area contributed by atoms with Gasteiger partial charge in [-0.25, -0.2) is 0 Å². The third-order valence-electron chi connectivity index (χ3n) is 24.0. The molecule has 0 amide bonds. The Hall–Kier alpha value is -14.0. The molecule has 0 nitrogen and oxygen atoms in total. The van der Waals surface area contributed by atoms with Crippen molar-refractivity contribution < 1.29 is 0 Å². The monoisotopic (exact) mass is 1420 g/mol. The molecular formula is C112H76. The summed E-state index contributed by atoms with van der Waals surface area (Å²) in [6.45, 7) is 0. The Balaban J connectivity index is 0.000000141. The third kappa shape index (κ3) is 11.9. The van der Waals surface area contributed by atoms with E-state index in [9.17, 15) is 0 Å². The van der Waals surface area contributed by atoms with Crippen LogP contribution in [0.25, 0.3) is 134 Å². The first-order chi connectivity index (χ1) is 55.5. The fraction of sp³-hybridized carbons (Fsp3) is 0.0357. The smallest absolute Gasteiger partial charge is 0.0352 e. The van der Waals surface area contributed by atoms with Crippen LogP contribution in [0.2, 0.25) is 0 Å². The summed E-state index contributed by atoms with van der Waals surface area (Å²) in [5, 5.41) is 0. The van der Waals surface area contributed by atoms with Gasteiger partial charge in [-0.05, 0) is 261 Å². The van der Waals surface area contributed by atoms with Crippen LogP contribution >= 0.6 is 0 Å². The van der Waals surface area contributed by atoms with Gasteiger partial charge in [0.15, 0.2) is 0 Å². The van der Waals surface area contributed by atoms with Crippen LogP contribution in [0.4, 0.5) is 0 Å². The molecule has 22 rings (SSSR count). The van der Waals surface area contributed by atoms with Crippen molar-refractivity contribution in [3.63, 3.8) is 0 Å². The average molecular weight is 1420 g/mol. The van der Waals surface area contributed by atoms with Crippen LogP contribution in [0.15, 0.2) is 437 Å². The Morgan fingerprint density at radius 2 is 0.304 bits per heavy atom. The first-order valence-electron chi connectivity index (χ1n) is 39.3. The zero-order valence-electron chi connectivity index (χ0n) is 61.9. The summed E-state index contributed by atoms with van der Waals surface area (Å²) < 4.78 is 0. The van der Waals surface area contributed by atoms with Gasteiger partial charge in [0.2, 0.25) is 0 Å². The number of rotatable bonds is 12. The van der Waals surface area contributed by atoms with Gasteiger partial charge >= 0.3 is 0 Å². The maximum absolute atomic E-state index is 2.55. The molecule has 4 atom stereocenters. The Morgan fingerprint density at radius 3 is 0.634 bits per heavy atom. The van der Waals surface area contributed by atoms with E-state index >= 15 is 0 Å². The molecule has 0 fully saturated rings. The predicted molar refractivity (Wildman–Crippen MR) is 468 cm³/mol. The van der Waals surface area contributed by atoms with Crippen molar-refractivity contribution in [3.8, 4) is 134 Å². The van der Waals surface area contributed by atoms with Gasteiger partial charge in [-0.2, -0.15) is 0 Å². The van der Waals surface area contributed by atoms with E-state index < -0.39 is 0 Å². The second-order valence-electron chi connectivity index (χ2n) is 30.4. The molecule has 0 bridgehead atoms. The molecular weight excluding hydrogens is 1350 g/mol. The van der Waals surface area contributed by atoms with Crippen molar-refractivity contribution in [2.24, 2.45) is 0 Å². The largest absolute Gasteiger partial charge is 0.0622 e. The summed E-state index contributed by atoms with van der Waals surface area (Å²) in [6.07, 6.45) is 0. The van der Waals surface area contributed by atoms with E-state index in [1.54, 1.807) is 0 Å². The molecule has 0 heteroatoms. The third-order valence-corrected chi connectivity index (χ3v) is 24.0. The molecule has 0 saturated carbocycles. The number of fused-ring (bicyclic) bond motifs is 12. The summed E-state index contributed by atoms with van der Waals surface area (Å²) in [6, 6.07) is 162. The Bertz CT molecular complexity index is 6590. The van der Waals surface area contributed by atoms with E-state index in [-0.39, 0.29) is 23.7 Å². The lowest BCUT2D eigenvalue weighted by atomic mass is 9.84. The predicted octanol–water partition coefficient (Wildman–Crippen LogP) is 29.4. The summed E-state index contributed by atoms with van der Waals surface area (Å²) in [4.78, 5) is 0. The Labute approximate surface area is 656 Å². The fourth-order valence-electron chi connectivity index (χ4n) is 18.8. The number of benzene rings is 18. The molecule has 524 valence electrons. The summed E-state index contributed by atoms with van der Waals surface area (Å²) in [5.74, 6) is 0.723.